The number of benzene rings is 1. The number of hydrogen-bond donors (Lipinski definition) is 5. The number of rotatable bonds is 8. The second-order valence-corrected chi connectivity index (χ2v) is 11.0. The van der Waals surface area contributed by atoms with Crippen molar-refractivity contribution in [3.8, 4) is 10.4 Å². The number of nitrogens with one attached hydrogen (secondary N) is 2. The molecule has 196 valence electrons. The van der Waals surface area contributed by atoms with Gasteiger partial charge in [-0.25, -0.2) is 4.98 Å². The third-order valence-corrected chi connectivity index (χ3v) is 7.20. The van der Waals surface area contributed by atoms with E-state index >= 15 is 0 Å². The van der Waals surface area contributed by atoms with Crippen LogP contribution in [0, 0.1) is 12.3 Å². The highest BCUT2D eigenvalue weighted by atomic mass is 32.1. The Morgan fingerprint density at radius 3 is 2.47 bits per heavy atom. The van der Waals surface area contributed by atoms with Crippen LogP contribution in [0.25, 0.3) is 10.4 Å². The summed E-state index contributed by atoms with van der Waals surface area (Å²) in [4.78, 5) is 45.5. The van der Waals surface area contributed by atoms with Crippen LogP contribution in [0.5, 0.6) is 0 Å². The summed E-state index contributed by atoms with van der Waals surface area (Å²) in [5.41, 5.74) is 9.62. The summed E-state index contributed by atoms with van der Waals surface area (Å²) < 4.78 is 0. The molecule has 1 aromatic heterocycles. The zero-order chi connectivity index (χ0) is 26.6. The lowest BCUT2D eigenvalue weighted by atomic mass is 9.85. The van der Waals surface area contributed by atoms with Crippen molar-refractivity contribution in [2.75, 3.05) is 13.2 Å². The number of thiazole rings is 1. The molecule has 0 unspecified atom stereocenters. The fraction of sp³-hybridized carbons (Fsp3) is 0.520. The topological polar surface area (TPSA) is 158 Å². The second-order valence-electron chi connectivity index (χ2n) is 10.2. The summed E-state index contributed by atoms with van der Waals surface area (Å²) >= 11 is 1.57. The van der Waals surface area contributed by atoms with Crippen LogP contribution in [0.2, 0.25) is 0 Å². The molecule has 10 nitrogen and oxygen atoms in total. The second kappa shape index (κ2) is 11.5. The Kier molecular flexibility index (Phi) is 8.83. The van der Waals surface area contributed by atoms with E-state index in [1.165, 1.54) is 4.90 Å². The highest BCUT2D eigenvalue weighted by Crippen LogP contribution is 2.28. The number of β-amino-alcohol motifs (C(OH)–C–C–N with tert-alkyl or cyclic N) is 1. The fourth-order valence-corrected chi connectivity index (χ4v) is 4.92. The number of carbonyl (C=O) groups is 3. The van der Waals surface area contributed by atoms with E-state index in [0.29, 0.717) is 0 Å². The molecule has 3 amide bonds. The fourth-order valence-electron chi connectivity index (χ4n) is 4.11. The molecule has 1 aliphatic heterocycles. The lowest BCUT2D eigenvalue weighted by molar-refractivity contribution is -0.144. The first kappa shape index (κ1) is 27.7. The van der Waals surface area contributed by atoms with Crippen molar-refractivity contribution in [3.05, 3.63) is 41.0 Å². The van der Waals surface area contributed by atoms with Crippen LogP contribution in [0.15, 0.2) is 29.8 Å². The lowest BCUT2D eigenvalue weighted by Crippen LogP contribution is -2.60. The molecule has 2 aromatic rings. The highest BCUT2D eigenvalue weighted by molar-refractivity contribution is 7.13. The Hall–Kier alpha value is -2.86. The van der Waals surface area contributed by atoms with Crippen LogP contribution in [-0.2, 0) is 20.9 Å². The molecule has 2 heterocycles. The molecule has 1 fully saturated rings. The molecule has 0 saturated carbocycles. The maximum atomic E-state index is 13.5. The minimum Gasteiger partial charge on any atom is -0.394 e. The van der Waals surface area contributed by atoms with Crippen LogP contribution in [0.1, 0.15) is 38.4 Å². The van der Waals surface area contributed by atoms with Crippen molar-refractivity contribution in [2.45, 2.75) is 64.9 Å². The molecule has 4 atom stereocenters. The average Bonchev–Trinajstić information content (AvgIpc) is 3.44. The first-order valence-corrected chi connectivity index (χ1v) is 12.7. The van der Waals surface area contributed by atoms with Crippen LogP contribution in [0.3, 0.4) is 0 Å². The highest BCUT2D eigenvalue weighted by Gasteiger charge is 2.44. The van der Waals surface area contributed by atoms with Gasteiger partial charge in [-0.2, -0.15) is 0 Å². The minimum absolute atomic E-state index is 0.0195. The number of likely N-dealkylation sites (tertiary alicyclic amines) is 1. The predicted molar refractivity (Wildman–Crippen MR) is 137 cm³/mol. The van der Waals surface area contributed by atoms with E-state index in [4.69, 9.17) is 5.73 Å². The van der Waals surface area contributed by atoms with Crippen molar-refractivity contribution in [1.29, 1.82) is 0 Å². The molecule has 0 bridgehead atoms. The number of nitrogens with two attached hydrogens (primary N) is 1. The Morgan fingerprint density at radius 1 is 1.25 bits per heavy atom. The van der Waals surface area contributed by atoms with Gasteiger partial charge in [-0.1, -0.05) is 45.0 Å². The molecular weight excluding hydrogens is 482 g/mol. The first-order valence-electron chi connectivity index (χ1n) is 11.8. The lowest BCUT2D eigenvalue weighted by Gasteiger charge is -2.35. The number of amides is 3. The SMILES string of the molecule is Cc1ncsc1-c1ccc(CNC(=O)[C@@H]2C[C@@H](O)CN2C(=O)[C@@H](NC(=O)[C@@H](N)CO)C(C)(C)C)cc1. The third kappa shape index (κ3) is 6.47. The van der Waals surface area contributed by atoms with Gasteiger partial charge in [0.15, 0.2) is 0 Å². The predicted octanol–water partition coefficient (Wildman–Crippen LogP) is 0.547. The van der Waals surface area contributed by atoms with Crippen LogP contribution < -0.4 is 16.4 Å². The molecule has 0 spiro atoms. The standard InChI is InChI=1S/C25H35N5O5S/c1-14-20(36-13-28-14)16-7-5-15(6-8-16)10-27-23(34)19-9-17(32)11-30(19)24(35)21(25(2,3)4)29-22(33)18(26)12-31/h5-8,13,17-19,21,31-32H,9-12,26H2,1-4H3,(H,27,34)(H,29,33)/t17-,18+,19+,21-/m1/s1. The number of aromatic nitrogens is 1. The van der Waals surface area contributed by atoms with E-state index in [1.54, 1.807) is 37.6 Å². The third-order valence-electron chi connectivity index (χ3n) is 6.23. The van der Waals surface area contributed by atoms with E-state index in [-0.39, 0.29) is 25.4 Å². The van der Waals surface area contributed by atoms with E-state index in [9.17, 15) is 24.6 Å². The molecule has 1 aromatic carbocycles. The van der Waals surface area contributed by atoms with Crippen molar-refractivity contribution < 1.29 is 24.6 Å². The summed E-state index contributed by atoms with van der Waals surface area (Å²) in [5.74, 6) is -1.53. The Labute approximate surface area is 214 Å². The molecule has 11 heteroatoms. The molecule has 0 radical (unpaired) electrons. The van der Waals surface area contributed by atoms with E-state index in [0.717, 1.165) is 21.7 Å². The molecule has 1 saturated heterocycles. The van der Waals surface area contributed by atoms with Crippen LogP contribution in [0.4, 0.5) is 0 Å². The van der Waals surface area contributed by atoms with Crippen LogP contribution in [-0.4, -0.2) is 75.2 Å². The monoisotopic (exact) mass is 517 g/mol. The molecule has 36 heavy (non-hydrogen) atoms. The van der Waals surface area contributed by atoms with Crippen molar-refractivity contribution in [2.24, 2.45) is 11.1 Å². The van der Waals surface area contributed by atoms with E-state index in [1.807, 2.05) is 31.2 Å². The molecular formula is C25H35N5O5S. The summed E-state index contributed by atoms with van der Waals surface area (Å²) in [7, 11) is 0. The van der Waals surface area contributed by atoms with Crippen molar-refractivity contribution >= 4 is 29.1 Å². The van der Waals surface area contributed by atoms with Gasteiger partial charge >= 0.3 is 0 Å². The van der Waals surface area contributed by atoms with Gasteiger partial charge in [0.25, 0.3) is 0 Å². The van der Waals surface area contributed by atoms with Gasteiger partial charge in [0.05, 0.1) is 28.8 Å². The quantitative estimate of drug-likeness (QED) is 0.342. The van der Waals surface area contributed by atoms with Gasteiger partial charge in [0.1, 0.15) is 18.1 Å². The van der Waals surface area contributed by atoms with Gasteiger partial charge in [-0.05, 0) is 23.5 Å². The van der Waals surface area contributed by atoms with Crippen molar-refractivity contribution in [3.63, 3.8) is 0 Å². The summed E-state index contributed by atoms with van der Waals surface area (Å²) in [6, 6.07) is 4.77. The smallest absolute Gasteiger partial charge is 0.246 e. The maximum absolute atomic E-state index is 13.5. The Bertz CT molecular complexity index is 1080. The van der Waals surface area contributed by atoms with Gasteiger partial charge in [-0.3, -0.25) is 14.4 Å². The normalized spacial score (nSPS) is 19.6. The first-order chi connectivity index (χ1) is 16.9. The number of aryl methyl sites for hydroxylation is 1. The minimum atomic E-state index is -1.17. The molecule has 6 N–H and O–H groups in total. The van der Waals surface area contributed by atoms with E-state index < -0.39 is 48.1 Å². The summed E-state index contributed by atoms with van der Waals surface area (Å²) in [6.45, 7) is 6.97. The molecule has 0 aliphatic carbocycles. The van der Waals surface area contributed by atoms with Crippen LogP contribution >= 0.6 is 11.3 Å². The number of carbonyl (C=O) groups excluding carboxylic acids is 3. The number of hydrogen-bond acceptors (Lipinski definition) is 8. The Balaban J connectivity index is 1.68. The van der Waals surface area contributed by atoms with Gasteiger partial charge in [0, 0.05) is 19.5 Å². The maximum Gasteiger partial charge on any atom is 0.246 e. The molecule has 3 rings (SSSR count). The van der Waals surface area contributed by atoms with Gasteiger partial charge < -0.3 is 31.5 Å². The van der Waals surface area contributed by atoms with Gasteiger partial charge in [0.2, 0.25) is 17.7 Å². The largest absolute Gasteiger partial charge is 0.394 e. The summed E-state index contributed by atoms with van der Waals surface area (Å²) in [6.07, 6.45) is -0.759. The Morgan fingerprint density at radius 2 is 1.92 bits per heavy atom. The zero-order valence-electron chi connectivity index (χ0n) is 21.0. The average molecular weight is 518 g/mol. The van der Waals surface area contributed by atoms with E-state index in [2.05, 4.69) is 15.6 Å². The van der Waals surface area contributed by atoms with Gasteiger partial charge in [-0.15, -0.1) is 11.3 Å². The zero-order valence-corrected chi connectivity index (χ0v) is 21.8. The summed E-state index contributed by atoms with van der Waals surface area (Å²) in [5, 5.41) is 24.9. The number of aliphatic hydroxyl groups is 2. The number of nitrogens with zero attached hydrogens (tertiary/aromatic N) is 2. The number of aliphatic hydroxyl groups excluding tert-OH is 2. The van der Waals surface area contributed by atoms with Crippen molar-refractivity contribution in [1.82, 2.24) is 20.5 Å². The molecule has 1 aliphatic rings.